The van der Waals surface area contributed by atoms with Gasteiger partial charge in [-0.2, -0.15) is 13.2 Å². The predicted molar refractivity (Wildman–Crippen MR) is 133 cm³/mol. The van der Waals surface area contributed by atoms with Gasteiger partial charge in [-0.1, -0.05) is 18.5 Å². The molecule has 1 amide bonds. The molecule has 4 heterocycles. The standard InChI is InChI=1S/C26H36ClF3N4O2/c1-3-31-15-24(16-31)6-9-32(10-7-24)22-12-20(11-21(27)13-22)14-34-8-4-5-25(34)17-33(18-25)23(35)36-19(2)26(28,29)30/h11-13,19H,3-10,14-18H2,1-2H3. The highest BCUT2D eigenvalue weighted by Crippen LogP contribution is 2.42. The molecule has 1 unspecified atom stereocenters. The number of piperidine rings is 1. The molecule has 0 N–H and O–H groups in total. The highest BCUT2D eigenvalue weighted by atomic mass is 35.5. The second kappa shape index (κ2) is 9.55. The van der Waals surface area contributed by atoms with E-state index in [1.165, 1.54) is 30.8 Å². The van der Waals surface area contributed by atoms with Gasteiger partial charge >= 0.3 is 12.3 Å². The van der Waals surface area contributed by atoms with Gasteiger partial charge in [0.1, 0.15) is 0 Å². The molecule has 4 aliphatic rings. The van der Waals surface area contributed by atoms with Crippen LogP contribution in [-0.2, 0) is 11.3 Å². The van der Waals surface area contributed by atoms with Gasteiger partial charge in [-0.15, -0.1) is 0 Å². The van der Waals surface area contributed by atoms with Crippen LogP contribution < -0.4 is 4.90 Å². The number of nitrogens with zero attached hydrogens (tertiary/aromatic N) is 4. The van der Waals surface area contributed by atoms with Crippen LogP contribution >= 0.6 is 11.6 Å². The summed E-state index contributed by atoms with van der Waals surface area (Å²) in [5.41, 5.74) is 2.58. The van der Waals surface area contributed by atoms with Crippen LogP contribution in [0.5, 0.6) is 0 Å². The number of amides is 1. The smallest absolute Gasteiger partial charge is 0.425 e. The number of rotatable bonds is 5. The number of carbonyl (C=O) groups is 1. The monoisotopic (exact) mass is 528 g/mol. The largest absolute Gasteiger partial charge is 0.437 e. The molecule has 4 saturated heterocycles. The summed E-state index contributed by atoms with van der Waals surface area (Å²) in [5.74, 6) is 0. The van der Waals surface area contributed by atoms with Crippen molar-refractivity contribution in [3.8, 4) is 0 Å². The molecule has 6 nitrogen and oxygen atoms in total. The van der Waals surface area contributed by atoms with E-state index in [0.29, 0.717) is 25.0 Å². The van der Waals surface area contributed by atoms with Crippen molar-refractivity contribution >= 4 is 23.4 Å². The van der Waals surface area contributed by atoms with Crippen molar-refractivity contribution in [3.05, 3.63) is 28.8 Å². The Morgan fingerprint density at radius 2 is 1.78 bits per heavy atom. The van der Waals surface area contributed by atoms with Crippen molar-refractivity contribution in [2.75, 3.05) is 57.3 Å². The zero-order valence-electron chi connectivity index (χ0n) is 21.1. The molecular formula is C26H36ClF3N4O2. The molecule has 4 fully saturated rings. The molecule has 36 heavy (non-hydrogen) atoms. The molecule has 1 atom stereocenters. The normalized spacial score (nSPS) is 24.6. The Morgan fingerprint density at radius 3 is 2.42 bits per heavy atom. The number of likely N-dealkylation sites (tertiary alicyclic amines) is 3. The van der Waals surface area contributed by atoms with Crippen molar-refractivity contribution in [1.82, 2.24) is 14.7 Å². The second-order valence-electron chi connectivity index (χ2n) is 11.3. The lowest BCUT2D eigenvalue weighted by molar-refractivity contribution is -0.202. The van der Waals surface area contributed by atoms with E-state index in [2.05, 4.69) is 32.4 Å². The average Bonchev–Trinajstić information content (AvgIpc) is 3.19. The van der Waals surface area contributed by atoms with E-state index in [0.717, 1.165) is 62.2 Å². The van der Waals surface area contributed by atoms with Crippen LogP contribution in [0.4, 0.5) is 23.7 Å². The minimum atomic E-state index is -4.55. The SMILES string of the molecule is CCN1CC2(CCN(c3cc(Cl)cc(CN4CCCC45CN(C(=O)OC(C)C(F)(F)F)C5)c3)CC2)C1. The fourth-order valence-corrected chi connectivity index (χ4v) is 6.75. The van der Waals surface area contributed by atoms with Gasteiger partial charge in [0.25, 0.3) is 0 Å². The Labute approximate surface area is 216 Å². The highest BCUT2D eigenvalue weighted by molar-refractivity contribution is 6.30. The van der Waals surface area contributed by atoms with Gasteiger partial charge in [-0.25, -0.2) is 4.79 Å². The quantitative estimate of drug-likeness (QED) is 0.538. The molecule has 200 valence electrons. The minimum absolute atomic E-state index is 0.199. The maximum atomic E-state index is 12.8. The van der Waals surface area contributed by atoms with Crippen molar-refractivity contribution in [2.24, 2.45) is 5.41 Å². The molecule has 4 aliphatic heterocycles. The van der Waals surface area contributed by atoms with Crippen LogP contribution in [-0.4, -0.2) is 91.0 Å². The summed E-state index contributed by atoms with van der Waals surface area (Å²) in [7, 11) is 0. The molecule has 0 bridgehead atoms. The highest BCUT2D eigenvalue weighted by Gasteiger charge is 2.53. The first-order valence-corrected chi connectivity index (χ1v) is 13.4. The van der Waals surface area contributed by atoms with Gasteiger partial charge in [-0.05, 0) is 74.9 Å². The van der Waals surface area contributed by atoms with Crippen LogP contribution in [0, 0.1) is 5.41 Å². The van der Waals surface area contributed by atoms with Gasteiger partial charge in [0.2, 0.25) is 0 Å². The molecule has 10 heteroatoms. The van der Waals surface area contributed by atoms with E-state index in [-0.39, 0.29) is 5.54 Å². The zero-order chi connectivity index (χ0) is 25.7. The Morgan fingerprint density at radius 1 is 1.08 bits per heavy atom. The topological polar surface area (TPSA) is 39.3 Å². The number of hydrogen-bond donors (Lipinski definition) is 0. The molecular weight excluding hydrogens is 493 g/mol. The Hall–Kier alpha value is -1.71. The van der Waals surface area contributed by atoms with Crippen molar-refractivity contribution in [2.45, 2.75) is 63.9 Å². The van der Waals surface area contributed by atoms with E-state index in [1.54, 1.807) is 0 Å². The lowest BCUT2D eigenvalue weighted by Gasteiger charge is -2.54. The number of ether oxygens (including phenoxy) is 1. The van der Waals surface area contributed by atoms with E-state index >= 15 is 0 Å². The number of benzene rings is 1. The van der Waals surface area contributed by atoms with Gasteiger partial charge in [0.15, 0.2) is 6.10 Å². The number of alkyl halides is 3. The zero-order valence-corrected chi connectivity index (χ0v) is 21.9. The summed E-state index contributed by atoms with van der Waals surface area (Å²) >= 11 is 6.54. The van der Waals surface area contributed by atoms with E-state index in [1.807, 2.05) is 12.1 Å². The van der Waals surface area contributed by atoms with Gasteiger partial charge in [-0.3, -0.25) is 4.90 Å². The van der Waals surface area contributed by atoms with Crippen LogP contribution in [0.2, 0.25) is 5.02 Å². The van der Waals surface area contributed by atoms with Crippen LogP contribution in [0.15, 0.2) is 18.2 Å². The van der Waals surface area contributed by atoms with Crippen LogP contribution in [0.1, 0.15) is 45.1 Å². The summed E-state index contributed by atoms with van der Waals surface area (Å²) in [5, 5.41) is 0.719. The Bertz CT molecular complexity index is 968. The van der Waals surface area contributed by atoms with E-state index in [9.17, 15) is 18.0 Å². The molecule has 1 aromatic carbocycles. The maximum absolute atomic E-state index is 12.8. The lowest BCUT2D eigenvalue weighted by atomic mass is 9.72. The number of halogens is 4. The van der Waals surface area contributed by atoms with E-state index in [4.69, 9.17) is 11.6 Å². The van der Waals surface area contributed by atoms with Crippen molar-refractivity contribution in [1.29, 1.82) is 0 Å². The Kier molecular flexibility index (Phi) is 6.88. The molecule has 0 saturated carbocycles. The first kappa shape index (κ1) is 25.9. The first-order valence-electron chi connectivity index (χ1n) is 13.1. The first-order chi connectivity index (χ1) is 17.0. The average molecular weight is 529 g/mol. The number of anilines is 1. The summed E-state index contributed by atoms with van der Waals surface area (Å²) in [4.78, 5) is 20.9. The van der Waals surface area contributed by atoms with Crippen molar-refractivity contribution < 1.29 is 22.7 Å². The number of carbonyl (C=O) groups excluding carboxylic acids is 1. The third-order valence-corrected chi connectivity index (χ3v) is 9.00. The summed E-state index contributed by atoms with van der Waals surface area (Å²) in [6, 6.07) is 6.28. The lowest BCUT2D eigenvalue weighted by Crippen LogP contribution is -2.69. The molecule has 0 radical (unpaired) electrons. The minimum Gasteiger partial charge on any atom is -0.437 e. The van der Waals surface area contributed by atoms with Gasteiger partial charge in [0.05, 0.1) is 5.54 Å². The summed E-state index contributed by atoms with van der Waals surface area (Å²) in [6.07, 6.45) is -3.21. The maximum Gasteiger partial charge on any atom is 0.425 e. The van der Waals surface area contributed by atoms with Crippen LogP contribution in [0.25, 0.3) is 0 Å². The molecule has 1 aromatic rings. The fraction of sp³-hybridized carbons (Fsp3) is 0.731. The van der Waals surface area contributed by atoms with E-state index < -0.39 is 18.4 Å². The predicted octanol–water partition coefficient (Wildman–Crippen LogP) is 5.00. The van der Waals surface area contributed by atoms with Crippen molar-refractivity contribution in [3.63, 3.8) is 0 Å². The Balaban J connectivity index is 1.19. The molecule has 0 aliphatic carbocycles. The summed E-state index contributed by atoms with van der Waals surface area (Å²) in [6.45, 7) is 11.1. The second-order valence-corrected chi connectivity index (χ2v) is 11.7. The fourth-order valence-electron chi connectivity index (χ4n) is 6.49. The molecule has 2 spiro atoms. The molecule has 5 rings (SSSR count). The third kappa shape index (κ3) is 5.03. The van der Waals surface area contributed by atoms with Crippen LogP contribution in [0.3, 0.4) is 0 Å². The number of hydrogen-bond acceptors (Lipinski definition) is 5. The van der Waals surface area contributed by atoms with Gasteiger partial charge < -0.3 is 19.4 Å². The van der Waals surface area contributed by atoms with Gasteiger partial charge in [0, 0.05) is 56.5 Å². The third-order valence-electron chi connectivity index (χ3n) is 8.78. The molecule has 0 aromatic heterocycles. The summed E-state index contributed by atoms with van der Waals surface area (Å²) < 4.78 is 42.9.